The van der Waals surface area contributed by atoms with Crippen LogP contribution in [0.2, 0.25) is 0 Å². The van der Waals surface area contributed by atoms with Crippen LogP contribution in [-0.4, -0.2) is 75.2 Å². The minimum atomic E-state index is 1.16. The highest BCUT2D eigenvalue weighted by Gasteiger charge is 2.10. The average Bonchev–Trinajstić information content (AvgIpc) is 3.10. The van der Waals surface area contributed by atoms with Gasteiger partial charge in [0, 0.05) is 26.2 Å². The molecule has 0 spiro atoms. The highest BCUT2D eigenvalue weighted by atomic mass is 15.2. The van der Waals surface area contributed by atoms with Crippen molar-refractivity contribution < 1.29 is 0 Å². The first kappa shape index (κ1) is 15.2. The molecule has 0 unspecified atom stereocenters. The van der Waals surface area contributed by atoms with Crippen LogP contribution in [-0.2, 0) is 0 Å². The van der Waals surface area contributed by atoms with Crippen LogP contribution in [0.15, 0.2) is 0 Å². The van der Waals surface area contributed by atoms with Crippen molar-refractivity contribution in [2.24, 2.45) is 0 Å². The van der Waals surface area contributed by atoms with Crippen molar-refractivity contribution in [3.63, 3.8) is 0 Å². The summed E-state index contributed by atoms with van der Waals surface area (Å²) in [5.74, 6) is 0. The van der Waals surface area contributed by atoms with Gasteiger partial charge >= 0.3 is 0 Å². The quantitative estimate of drug-likeness (QED) is 0.572. The average molecular weight is 268 g/mol. The summed E-state index contributed by atoms with van der Waals surface area (Å²) in [5, 5.41) is 7.10. The van der Waals surface area contributed by atoms with Gasteiger partial charge in [0.2, 0.25) is 0 Å². The smallest absolute Gasteiger partial charge is 0.0107 e. The Balaban J connectivity index is 1.28. The zero-order chi connectivity index (χ0) is 13.2. The molecule has 0 aromatic heterocycles. The third-order valence-corrected chi connectivity index (χ3v) is 4.31. The molecule has 0 atom stereocenters. The van der Waals surface area contributed by atoms with Crippen molar-refractivity contribution in [3.8, 4) is 0 Å². The Morgan fingerprint density at radius 3 is 1.42 bits per heavy atom. The van der Waals surface area contributed by atoms with Gasteiger partial charge in [-0.05, 0) is 71.4 Å². The van der Waals surface area contributed by atoms with Gasteiger partial charge in [-0.1, -0.05) is 0 Å². The molecule has 0 amide bonds. The zero-order valence-corrected chi connectivity index (χ0v) is 12.5. The van der Waals surface area contributed by atoms with Gasteiger partial charge in [-0.3, -0.25) is 0 Å². The molecule has 2 aliphatic heterocycles. The summed E-state index contributed by atoms with van der Waals surface area (Å²) in [6, 6.07) is 0. The van der Waals surface area contributed by atoms with E-state index in [4.69, 9.17) is 0 Å². The van der Waals surface area contributed by atoms with Crippen molar-refractivity contribution >= 4 is 0 Å². The maximum absolute atomic E-state index is 3.55. The Morgan fingerprint density at radius 1 is 0.579 bits per heavy atom. The molecule has 0 bridgehead atoms. The first-order valence-corrected chi connectivity index (χ1v) is 8.31. The van der Waals surface area contributed by atoms with Gasteiger partial charge in [-0.25, -0.2) is 0 Å². The fourth-order valence-corrected chi connectivity index (χ4v) is 3.08. The molecule has 4 heteroatoms. The highest BCUT2D eigenvalue weighted by Crippen LogP contribution is 2.06. The van der Waals surface area contributed by atoms with E-state index in [1.165, 1.54) is 71.4 Å². The fraction of sp³-hybridized carbons (Fsp3) is 1.00. The molecule has 2 rings (SSSR count). The molecule has 0 saturated carbocycles. The first-order valence-electron chi connectivity index (χ1n) is 8.31. The van der Waals surface area contributed by atoms with Crippen LogP contribution in [0, 0.1) is 0 Å². The number of likely N-dealkylation sites (tertiary alicyclic amines) is 2. The number of hydrogen-bond donors (Lipinski definition) is 2. The Hall–Kier alpha value is -0.160. The van der Waals surface area contributed by atoms with Crippen molar-refractivity contribution in [2.75, 3.05) is 65.4 Å². The molecule has 0 aromatic carbocycles. The summed E-state index contributed by atoms with van der Waals surface area (Å²) in [6.45, 7) is 12.4. The molecular weight excluding hydrogens is 236 g/mol. The van der Waals surface area contributed by atoms with Gasteiger partial charge in [-0.15, -0.1) is 0 Å². The summed E-state index contributed by atoms with van der Waals surface area (Å²) in [6.07, 6.45) is 6.86. The molecule has 0 aromatic rings. The third-order valence-electron chi connectivity index (χ3n) is 4.31. The lowest BCUT2D eigenvalue weighted by Crippen LogP contribution is -2.33. The molecule has 19 heavy (non-hydrogen) atoms. The summed E-state index contributed by atoms with van der Waals surface area (Å²) in [4.78, 5) is 5.14. The minimum Gasteiger partial charge on any atom is -0.315 e. The van der Waals surface area contributed by atoms with Gasteiger partial charge in [0.1, 0.15) is 0 Å². The van der Waals surface area contributed by atoms with E-state index in [2.05, 4.69) is 20.4 Å². The summed E-state index contributed by atoms with van der Waals surface area (Å²) < 4.78 is 0. The molecule has 0 aliphatic carbocycles. The van der Waals surface area contributed by atoms with Crippen molar-refractivity contribution in [1.82, 2.24) is 20.4 Å². The zero-order valence-electron chi connectivity index (χ0n) is 12.5. The molecule has 2 saturated heterocycles. The van der Waals surface area contributed by atoms with Gasteiger partial charge in [0.25, 0.3) is 0 Å². The molecule has 4 nitrogen and oxygen atoms in total. The van der Waals surface area contributed by atoms with Crippen molar-refractivity contribution in [3.05, 3.63) is 0 Å². The number of nitrogens with zero attached hydrogens (tertiary/aromatic N) is 2. The molecule has 2 fully saturated rings. The Bertz CT molecular complexity index is 188. The monoisotopic (exact) mass is 268 g/mol. The van der Waals surface area contributed by atoms with E-state index in [1.54, 1.807) is 0 Å². The van der Waals surface area contributed by atoms with Gasteiger partial charge < -0.3 is 20.4 Å². The van der Waals surface area contributed by atoms with Crippen LogP contribution in [0.1, 0.15) is 32.1 Å². The summed E-state index contributed by atoms with van der Waals surface area (Å²) in [7, 11) is 0. The van der Waals surface area contributed by atoms with E-state index in [-0.39, 0.29) is 0 Å². The SMILES string of the molecule is C(CNCCN1CCCC1)CNCCN1CCCC1. The van der Waals surface area contributed by atoms with E-state index >= 15 is 0 Å². The second-order valence-electron chi connectivity index (χ2n) is 5.95. The Labute approximate surface area is 118 Å². The summed E-state index contributed by atoms with van der Waals surface area (Å²) in [5.41, 5.74) is 0. The standard InChI is InChI=1S/C15H32N4/c1-2-11-18(10-1)14-8-16-6-5-7-17-9-15-19-12-3-4-13-19/h16-17H,1-15H2. The molecule has 2 aliphatic rings. The maximum Gasteiger partial charge on any atom is 0.0107 e. The predicted molar refractivity (Wildman–Crippen MR) is 81.7 cm³/mol. The lowest BCUT2D eigenvalue weighted by molar-refractivity contribution is 0.331. The Kier molecular flexibility index (Phi) is 7.78. The van der Waals surface area contributed by atoms with Crippen LogP contribution in [0.4, 0.5) is 0 Å². The van der Waals surface area contributed by atoms with E-state index in [9.17, 15) is 0 Å². The van der Waals surface area contributed by atoms with Crippen molar-refractivity contribution in [2.45, 2.75) is 32.1 Å². The second kappa shape index (κ2) is 9.70. The number of nitrogens with one attached hydrogen (secondary N) is 2. The van der Waals surface area contributed by atoms with E-state index in [1.807, 2.05) is 0 Å². The topological polar surface area (TPSA) is 30.5 Å². The highest BCUT2D eigenvalue weighted by molar-refractivity contribution is 4.68. The molecule has 2 heterocycles. The van der Waals surface area contributed by atoms with Crippen molar-refractivity contribution in [1.29, 1.82) is 0 Å². The largest absolute Gasteiger partial charge is 0.315 e. The van der Waals surface area contributed by atoms with Crippen LogP contribution in [0.3, 0.4) is 0 Å². The summed E-state index contributed by atoms with van der Waals surface area (Å²) >= 11 is 0. The van der Waals surface area contributed by atoms with Crippen LogP contribution < -0.4 is 10.6 Å². The predicted octanol–water partition coefficient (Wildman–Crippen LogP) is 0.747. The van der Waals surface area contributed by atoms with E-state index in [0.717, 1.165) is 26.2 Å². The van der Waals surface area contributed by atoms with Gasteiger partial charge in [0.05, 0.1) is 0 Å². The number of rotatable bonds is 10. The normalized spacial score (nSPS) is 21.5. The van der Waals surface area contributed by atoms with Crippen LogP contribution in [0.25, 0.3) is 0 Å². The lowest BCUT2D eigenvalue weighted by atomic mass is 10.4. The third kappa shape index (κ3) is 6.70. The number of hydrogen-bond acceptors (Lipinski definition) is 4. The van der Waals surface area contributed by atoms with E-state index < -0.39 is 0 Å². The van der Waals surface area contributed by atoms with Crippen LogP contribution in [0.5, 0.6) is 0 Å². The molecule has 0 radical (unpaired) electrons. The molecule has 2 N–H and O–H groups in total. The van der Waals surface area contributed by atoms with E-state index in [0.29, 0.717) is 0 Å². The van der Waals surface area contributed by atoms with Gasteiger partial charge in [0.15, 0.2) is 0 Å². The molecule has 112 valence electrons. The lowest BCUT2D eigenvalue weighted by Gasteiger charge is -2.15. The maximum atomic E-state index is 3.55. The fourth-order valence-electron chi connectivity index (χ4n) is 3.08. The second-order valence-corrected chi connectivity index (χ2v) is 5.95. The molecular formula is C15H32N4. The van der Waals surface area contributed by atoms with Gasteiger partial charge in [-0.2, -0.15) is 0 Å². The minimum absolute atomic E-state index is 1.16. The van der Waals surface area contributed by atoms with Crippen LogP contribution >= 0.6 is 0 Å². The first-order chi connectivity index (χ1) is 9.45. The Morgan fingerprint density at radius 2 is 1.00 bits per heavy atom.